The monoisotopic (exact) mass is 278 g/mol. The lowest BCUT2D eigenvalue weighted by Gasteiger charge is -2.29. The Morgan fingerprint density at radius 1 is 1.35 bits per heavy atom. The number of rotatable bonds is 4. The standard InChI is InChI=1S/C16H23FN2O/c1-3-18-15-12(8-6-9-13(15)17)16(20)19-14-10-5-4-7-11(14)2/h6,8-9,11,14,18H,3-5,7,10H2,1-2H3,(H,19,20). The third kappa shape index (κ3) is 3.30. The highest BCUT2D eigenvalue weighted by molar-refractivity contribution is 5.99. The Morgan fingerprint density at radius 2 is 2.10 bits per heavy atom. The summed E-state index contributed by atoms with van der Waals surface area (Å²) in [6.07, 6.45) is 4.54. The van der Waals surface area contributed by atoms with Crippen molar-refractivity contribution in [3.05, 3.63) is 29.6 Å². The van der Waals surface area contributed by atoms with Gasteiger partial charge in [0.2, 0.25) is 0 Å². The molecule has 2 N–H and O–H groups in total. The second kappa shape index (κ2) is 6.73. The van der Waals surface area contributed by atoms with Crippen molar-refractivity contribution in [1.29, 1.82) is 0 Å². The van der Waals surface area contributed by atoms with Crippen LogP contribution >= 0.6 is 0 Å². The van der Waals surface area contributed by atoms with Crippen LogP contribution in [0.3, 0.4) is 0 Å². The number of benzene rings is 1. The lowest BCUT2D eigenvalue weighted by molar-refractivity contribution is 0.0910. The van der Waals surface area contributed by atoms with E-state index in [1.807, 2.05) is 6.92 Å². The minimum Gasteiger partial charge on any atom is -0.382 e. The minimum absolute atomic E-state index is 0.181. The molecule has 110 valence electrons. The molecule has 0 saturated heterocycles. The predicted molar refractivity (Wildman–Crippen MR) is 79.4 cm³/mol. The van der Waals surface area contributed by atoms with Crippen molar-refractivity contribution >= 4 is 11.6 Å². The number of carbonyl (C=O) groups is 1. The van der Waals surface area contributed by atoms with Crippen molar-refractivity contribution < 1.29 is 9.18 Å². The second-order valence-electron chi connectivity index (χ2n) is 5.53. The first-order chi connectivity index (χ1) is 9.63. The summed E-state index contributed by atoms with van der Waals surface area (Å²) >= 11 is 0. The smallest absolute Gasteiger partial charge is 0.253 e. The largest absolute Gasteiger partial charge is 0.382 e. The van der Waals surface area contributed by atoms with Gasteiger partial charge in [-0.3, -0.25) is 4.79 Å². The van der Waals surface area contributed by atoms with Crippen LogP contribution in [0, 0.1) is 11.7 Å². The quantitative estimate of drug-likeness (QED) is 0.884. The molecule has 1 aromatic carbocycles. The van der Waals surface area contributed by atoms with E-state index in [0.717, 1.165) is 19.3 Å². The van der Waals surface area contributed by atoms with Crippen molar-refractivity contribution in [3.8, 4) is 0 Å². The summed E-state index contributed by atoms with van der Waals surface area (Å²) < 4.78 is 13.8. The maximum absolute atomic E-state index is 13.8. The molecule has 2 rings (SSSR count). The third-order valence-corrected chi connectivity index (χ3v) is 4.04. The van der Waals surface area contributed by atoms with E-state index in [1.54, 1.807) is 12.1 Å². The predicted octanol–water partition coefficient (Wildman–Crippen LogP) is 3.57. The van der Waals surface area contributed by atoms with E-state index in [9.17, 15) is 9.18 Å². The Hall–Kier alpha value is -1.58. The molecule has 3 nitrogen and oxygen atoms in total. The Labute approximate surface area is 120 Å². The minimum atomic E-state index is -0.379. The van der Waals surface area contributed by atoms with Crippen LogP contribution in [0.25, 0.3) is 0 Å². The lowest BCUT2D eigenvalue weighted by Crippen LogP contribution is -2.41. The summed E-state index contributed by atoms with van der Waals surface area (Å²) in [5, 5.41) is 6.00. The molecule has 2 unspecified atom stereocenters. The van der Waals surface area contributed by atoms with Gasteiger partial charge in [-0.2, -0.15) is 0 Å². The number of halogens is 1. The van der Waals surface area contributed by atoms with Gasteiger partial charge >= 0.3 is 0 Å². The van der Waals surface area contributed by atoms with Crippen LogP contribution < -0.4 is 10.6 Å². The van der Waals surface area contributed by atoms with Crippen LogP contribution in [0.15, 0.2) is 18.2 Å². The zero-order chi connectivity index (χ0) is 14.5. The first-order valence-corrected chi connectivity index (χ1v) is 7.46. The van der Waals surface area contributed by atoms with Gasteiger partial charge in [-0.05, 0) is 37.8 Å². The molecular formula is C16H23FN2O. The van der Waals surface area contributed by atoms with E-state index < -0.39 is 0 Å². The van der Waals surface area contributed by atoms with Gasteiger partial charge in [0, 0.05) is 12.6 Å². The summed E-state index contributed by atoms with van der Waals surface area (Å²) in [4.78, 5) is 12.4. The maximum atomic E-state index is 13.8. The summed E-state index contributed by atoms with van der Waals surface area (Å²) in [5.74, 6) is -0.0702. The molecule has 1 aliphatic carbocycles. The van der Waals surface area contributed by atoms with Gasteiger partial charge in [-0.25, -0.2) is 4.39 Å². The average Bonchev–Trinajstić information content (AvgIpc) is 2.43. The number of amides is 1. The molecule has 0 bridgehead atoms. The molecule has 1 amide bonds. The van der Waals surface area contributed by atoms with Gasteiger partial charge in [0.15, 0.2) is 0 Å². The topological polar surface area (TPSA) is 41.1 Å². The van der Waals surface area contributed by atoms with Gasteiger partial charge in [0.25, 0.3) is 5.91 Å². The SMILES string of the molecule is CCNc1c(F)cccc1C(=O)NC1CCCCC1C. The number of carbonyl (C=O) groups excluding carboxylic acids is 1. The van der Waals surface area contributed by atoms with Gasteiger partial charge < -0.3 is 10.6 Å². The number of hydrogen-bond acceptors (Lipinski definition) is 2. The molecule has 1 aromatic rings. The normalized spacial score (nSPS) is 22.4. The molecule has 0 aliphatic heterocycles. The Morgan fingerprint density at radius 3 is 2.80 bits per heavy atom. The second-order valence-corrected chi connectivity index (χ2v) is 5.53. The fraction of sp³-hybridized carbons (Fsp3) is 0.562. The van der Waals surface area contributed by atoms with Crippen molar-refractivity contribution in [2.75, 3.05) is 11.9 Å². The van der Waals surface area contributed by atoms with Crippen molar-refractivity contribution in [1.82, 2.24) is 5.32 Å². The molecule has 1 fully saturated rings. The molecule has 1 aliphatic rings. The number of anilines is 1. The van der Waals surface area contributed by atoms with Crippen LogP contribution in [0.5, 0.6) is 0 Å². The first-order valence-electron chi connectivity index (χ1n) is 7.46. The highest BCUT2D eigenvalue weighted by Crippen LogP contribution is 2.25. The molecule has 0 spiro atoms. The Bertz CT molecular complexity index is 476. The molecular weight excluding hydrogens is 255 g/mol. The van der Waals surface area contributed by atoms with Crippen LogP contribution in [0.1, 0.15) is 49.9 Å². The first kappa shape index (κ1) is 14.8. The van der Waals surface area contributed by atoms with Gasteiger partial charge in [0.1, 0.15) is 5.82 Å². The highest BCUT2D eigenvalue weighted by atomic mass is 19.1. The zero-order valence-electron chi connectivity index (χ0n) is 12.2. The zero-order valence-corrected chi connectivity index (χ0v) is 12.2. The maximum Gasteiger partial charge on any atom is 0.253 e. The lowest BCUT2D eigenvalue weighted by atomic mass is 9.86. The summed E-state index contributed by atoms with van der Waals surface area (Å²) in [7, 11) is 0. The van der Waals surface area contributed by atoms with Gasteiger partial charge in [-0.15, -0.1) is 0 Å². The Kier molecular flexibility index (Phi) is 4.99. The molecule has 20 heavy (non-hydrogen) atoms. The van der Waals surface area contributed by atoms with Crippen LogP contribution in [-0.4, -0.2) is 18.5 Å². The molecule has 2 atom stereocenters. The number of para-hydroxylation sites is 1. The van der Waals surface area contributed by atoms with Crippen LogP contribution in [0.4, 0.5) is 10.1 Å². The molecule has 0 heterocycles. The van der Waals surface area contributed by atoms with E-state index in [0.29, 0.717) is 23.7 Å². The molecule has 0 aromatic heterocycles. The Balaban J connectivity index is 2.14. The highest BCUT2D eigenvalue weighted by Gasteiger charge is 2.24. The fourth-order valence-corrected chi connectivity index (χ4v) is 2.85. The summed E-state index contributed by atoms with van der Waals surface area (Å²) in [5.41, 5.74) is 0.695. The van der Waals surface area contributed by atoms with E-state index in [4.69, 9.17) is 0 Å². The van der Waals surface area contributed by atoms with Crippen molar-refractivity contribution in [2.45, 2.75) is 45.6 Å². The van der Waals surface area contributed by atoms with E-state index in [1.165, 1.54) is 12.5 Å². The number of nitrogens with one attached hydrogen (secondary N) is 2. The third-order valence-electron chi connectivity index (χ3n) is 4.04. The summed E-state index contributed by atoms with van der Waals surface area (Å²) in [6, 6.07) is 4.83. The van der Waals surface area contributed by atoms with Crippen LogP contribution in [-0.2, 0) is 0 Å². The number of hydrogen-bond donors (Lipinski definition) is 2. The molecule has 0 radical (unpaired) electrons. The van der Waals surface area contributed by atoms with Crippen molar-refractivity contribution in [3.63, 3.8) is 0 Å². The van der Waals surface area contributed by atoms with Gasteiger partial charge in [0.05, 0.1) is 11.3 Å². The molecule has 1 saturated carbocycles. The van der Waals surface area contributed by atoms with Crippen molar-refractivity contribution in [2.24, 2.45) is 5.92 Å². The fourth-order valence-electron chi connectivity index (χ4n) is 2.85. The summed E-state index contributed by atoms with van der Waals surface area (Å²) in [6.45, 7) is 4.64. The van der Waals surface area contributed by atoms with Crippen LogP contribution in [0.2, 0.25) is 0 Å². The van der Waals surface area contributed by atoms with Gasteiger partial charge in [-0.1, -0.05) is 25.8 Å². The van der Waals surface area contributed by atoms with E-state index in [-0.39, 0.29) is 17.8 Å². The average molecular weight is 278 g/mol. The molecule has 4 heteroatoms. The van der Waals surface area contributed by atoms with E-state index in [2.05, 4.69) is 17.6 Å². The van der Waals surface area contributed by atoms with E-state index >= 15 is 0 Å².